The predicted molar refractivity (Wildman–Crippen MR) is 70.5 cm³/mol. The number of sulfonamides is 1. The number of nitrogens with one attached hydrogen (secondary N) is 1. The van der Waals surface area contributed by atoms with Gasteiger partial charge < -0.3 is 9.15 Å². The number of ether oxygens (including phenoxy) is 1. The molecule has 0 bridgehead atoms. The molecule has 0 aliphatic heterocycles. The summed E-state index contributed by atoms with van der Waals surface area (Å²) in [4.78, 5) is 11.8. The Morgan fingerprint density at radius 3 is 2.55 bits per heavy atom. The fourth-order valence-corrected chi connectivity index (χ4v) is 2.53. The van der Waals surface area contributed by atoms with Gasteiger partial charge in [0.05, 0.1) is 4.90 Å². The van der Waals surface area contributed by atoms with Gasteiger partial charge in [-0.15, -0.1) is 0 Å². The fraction of sp³-hybridized carbons (Fsp3) is 0.154. The summed E-state index contributed by atoms with van der Waals surface area (Å²) in [5, 5.41) is 0. The molecule has 106 valence electrons. The maximum atomic E-state index is 12.0. The van der Waals surface area contributed by atoms with Crippen molar-refractivity contribution in [3.05, 3.63) is 54.0 Å². The van der Waals surface area contributed by atoms with Gasteiger partial charge in [-0.1, -0.05) is 18.2 Å². The van der Waals surface area contributed by atoms with E-state index in [1.54, 1.807) is 24.3 Å². The summed E-state index contributed by atoms with van der Waals surface area (Å²) in [6.45, 7) is 0.207. The topological polar surface area (TPSA) is 85.6 Å². The van der Waals surface area contributed by atoms with E-state index in [0.29, 0.717) is 5.76 Å². The SMILES string of the molecule is COCc1ccc(C(=O)NS(=O)(=O)c2ccccc2)o1. The Bertz CT molecular complexity index is 691. The second kappa shape index (κ2) is 5.89. The average Bonchev–Trinajstić information content (AvgIpc) is 2.88. The Kier molecular flexibility index (Phi) is 4.21. The largest absolute Gasteiger partial charge is 0.453 e. The third-order valence-electron chi connectivity index (χ3n) is 2.45. The minimum absolute atomic E-state index is 0.0111. The number of hydrogen-bond acceptors (Lipinski definition) is 5. The van der Waals surface area contributed by atoms with E-state index in [1.165, 1.54) is 25.3 Å². The first-order chi connectivity index (χ1) is 9.53. The molecule has 0 saturated heterocycles. The first-order valence-electron chi connectivity index (χ1n) is 5.73. The maximum absolute atomic E-state index is 12.0. The number of hydrogen-bond donors (Lipinski definition) is 1. The number of furan rings is 1. The quantitative estimate of drug-likeness (QED) is 0.904. The number of carbonyl (C=O) groups is 1. The van der Waals surface area contributed by atoms with Gasteiger partial charge in [0.25, 0.3) is 10.0 Å². The first-order valence-corrected chi connectivity index (χ1v) is 7.21. The van der Waals surface area contributed by atoms with Gasteiger partial charge in [0.15, 0.2) is 5.76 Å². The molecule has 0 fully saturated rings. The molecule has 1 aromatic heterocycles. The van der Waals surface area contributed by atoms with Crippen molar-refractivity contribution in [3.8, 4) is 0 Å². The molecule has 1 aromatic carbocycles. The van der Waals surface area contributed by atoms with E-state index in [0.717, 1.165) is 0 Å². The third kappa shape index (κ3) is 3.25. The number of rotatable bonds is 5. The predicted octanol–water partition coefficient (Wildman–Crippen LogP) is 1.54. The lowest BCUT2D eigenvalue weighted by atomic mass is 10.4. The van der Waals surface area contributed by atoms with E-state index in [2.05, 4.69) is 0 Å². The van der Waals surface area contributed by atoms with Crippen LogP contribution in [0.4, 0.5) is 0 Å². The van der Waals surface area contributed by atoms with Crippen molar-refractivity contribution in [1.82, 2.24) is 4.72 Å². The normalized spacial score (nSPS) is 11.2. The smallest absolute Gasteiger partial charge is 0.300 e. The minimum Gasteiger partial charge on any atom is -0.453 e. The Balaban J connectivity index is 2.14. The number of methoxy groups -OCH3 is 1. The molecule has 2 aromatic rings. The van der Waals surface area contributed by atoms with Gasteiger partial charge in [-0.25, -0.2) is 13.1 Å². The average molecular weight is 295 g/mol. The lowest BCUT2D eigenvalue weighted by Crippen LogP contribution is -2.30. The van der Waals surface area contributed by atoms with Crippen molar-refractivity contribution in [2.75, 3.05) is 7.11 Å². The standard InChI is InChI=1S/C13H13NO5S/c1-18-9-10-7-8-12(19-10)13(15)14-20(16,17)11-5-3-2-4-6-11/h2-8H,9H2,1H3,(H,14,15). The highest BCUT2D eigenvalue weighted by Gasteiger charge is 2.20. The number of carbonyl (C=O) groups excluding carboxylic acids is 1. The van der Waals surface area contributed by atoms with Crippen LogP contribution in [0.1, 0.15) is 16.3 Å². The summed E-state index contributed by atoms with van der Waals surface area (Å²) in [5.41, 5.74) is 0. The van der Waals surface area contributed by atoms with Crippen LogP contribution in [0.15, 0.2) is 51.8 Å². The summed E-state index contributed by atoms with van der Waals surface area (Å²) in [6.07, 6.45) is 0. The lowest BCUT2D eigenvalue weighted by Gasteiger charge is -2.04. The van der Waals surface area contributed by atoms with Crippen molar-refractivity contribution in [2.24, 2.45) is 0 Å². The van der Waals surface area contributed by atoms with Gasteiger partial charge in [0, 0.05) is 7.11 Å². The maximum Gasteiger partial charge on any atom is 0.300 e. The van der Waals surface area contributed by atoms with Crippen LogP contribution < -0.4 is 4.72 Å². The summed E-state index contributed by atoms with van der Waals surface area (Å²) in [7, 11) is -2.41. The highest BCUT2D eigenvalue weighted by Crippen LogP contribution is 2.11. The molecule has 1 heterocycles. The highest BCUT2D eigenvalue weighted by atomic mass is 32.2. The molecule has 0 spiro atoms. The second-order valence-electron chi connectivity index (χ2n) is 3.95. The van der Waals surface area contributed by atoms with E-state index < -0.39 is 15.9 Å². The van der Waals surface area contributed by atoms with Crippen LogP contribution in [-0.4, -0.2) is 21.4 Å². The number of benzene rings is 1. The van der Waals surface area contributed by atoms with Gasteiger partial charge in [-0.2, -0.15) is 0 Å². The van der Waals surface area contributed by atoms with Crippen LogP contribution >= 0.6 is 0 Å². The molecule has 0 saturated carbocycles. The van der Waals surface area contributed by atoms with E-state index in [1.807, 2.05) is 4.72 Å². The number of amides is 1. The molecule has 20 heavy (non-hydrogen) atoms. The van der Waals surface area contributed by atoms with Crippen LogP contribution in [0.25, 0.3) is 0 Å². The zero-order valence-electron chi connectivity index (χ0n) is 10.7. The van der Waals surface area contributed by atoms with E-state index in [-0.39, 0.29) is 17.3 Å². The van der Waals surface area contributed by atoms with Gasteiger partial charge in [0.2, 0.25) is 0 Å². The van der Waals surface area contributed by atoms with Gasteiger partial charge >= 0.3 is 5.91 Å². The van der Waals surface area contributed by atoms with Gasteiger partial charge in [-0.3, -0.25) is 4.79 Å². The van der Waals surface area contributed by atoms with Crippen molar-refractivity contribution >= 4 is 15.9 Å². The lowest BCUT2D eigenvalue weighted by molar-refractivity contribution is 0.0945. The Morgan fingerprint density at radius 1 is 1.20 bits per heavy atom. The molecule has 0 aliphatic carbocycles. The second-order valence-corrected chi connectivity index (χ2v) is 5.63. The molecule has 7 heteroatoms. The molecule has 0 aliphatic rings. The molecule has 0 unspecified atom stereocenters. The first kappa shape index (κ1) is 14.3. The zero-order valence-corrected chi connectivity index (χ0v) is 11.5. The molecule has 6 nitrogen and oxygen atoms in total. The van der Waals surface area contributed by atoms with E-state index >= 15 is 0 Å². The van der Waals surface area contributed by atoms with E-state index in [9.17, 15) is 13.2 Å². The Hall–Kier alpha value is -2.12. The molecule has 2 rings (SSSR count). The summed E-state index contributed by atoms with van der Waals surface area (Å²) < 4.78 is 35.9. The highest BCUT2D eigenvalue weighted by molar-refractivity contribution is 7.90. The molecule has 0 atom stereocenters. The van der Waals surface area contributed by atoms with E-state index in [4.69, 9.17) is 9.15 Å². The Labute approximate surface area is 116 Å². The Morgan fingerprint density at radius 2 is 1.90 bits per heavy atom. The van der Waals surface area contributed by atoms with Gasteiger partial charge in [0.1, 0.15) is 12.4 Å². The molecular formula is C13H13NO5S. The molecule has 0 radical (unpaired) electrons. The molecular weight excluding hydrogens is 282 g/mol. The van der Waals surface area contributed by atoms with Crippen LogP contribution in [0.2, 0.25) is 0 Å². The van der Waals surface area contributed by atoms with Crippen LogP contribution in [0.3, 0.4) is 0 Å². The zero-order chi connectivity index (χ0) is 14.6. The summed E-state index contributed by atoms with van der Waals surface area (Å²) >= 11 is 0. The van der Waals surface area contributed by atoms with Crippen molar-refractivity contribution in [3.63, 3.8) is 0 Å². The van der Waals surface area contributed by atoms with Crippen molar-refractivity contribution in [1.29, 1.82) is 0 Å². The monoisotopic (exact) mass is 295 g/mol. The van der Waals surface area contributed by atoms with Crippen LogP contribution in [0, 0.1) is 0 Å². The fourth-order valence-electron chi connectivity index (χ4n) is 1.55. The van der Waals surface area contributed by atoms with Crippen molar-refractivity contribution in [2.45, 2.75) is 11.5 Å². The summed E-state index contributed by atoms with van der Waals surface area (Å²) in [5.74, 6) is -0.470. The van der Waals surface area contributed by atoms with Gasteiger partial charge in [-0.05, 0) is 24.3 Å². The molecule has 1 amide bonds. The molecule has 1 N–H and O–H groups in total. The summed E-state index contributed by atoms with van der Waals surface area (Å²) in [6, 6.07) is 10.6. The van der Waals surface area contributed by atoms with Crippen molar-refractivity contribution < 1.29 is 22.4 Å². The third-order valence-corrected chi connectivity index (χ3v) is 3.80. The minimum atomic E-state index is -3.90. The van der Waals surface area contributed by atoms with Crippen LogP contribution in [0.5, 0.6) is 0 Å². The van der Waals surface area contributed by atoms with Crippen LogP contribution in [-0.2, 0) is 21.4 Å².